The summed E-state index contributed by atoms with van der Waals surface area (Å²) in [6.45, 7) is 3.37. The molecule has 28 heavy (non-hydrogen) atoms. The molecule has 0 atom stereocenters. The highest BCUT2D eigenvalue weighted by Crippen LogP contribution is 2.29. The van der Waals surface area contributed by atoms with Gasteiger partial charge >= 0.3 is 0 Å². The molecule has 5 rings (SSSR count). The fourth-order valence-corrected chi connectivity index (χ4v) is 4.69. The van der Waals surface area contributed by atoms with E-state index in [1.54, 1.807) is 6.20 Å². The van der Waals surface area contributed by atoms with E-state index < -0.39 is 0 Å². The third-order valence-electron chi connectivity index (χ3n) is 5.25. The number of aromatic nitrogens is 3. The predicted molar refractivity (Wildman–Crippen MR) is 114 cm³/mol. The van der Waals surface area contributed by atoms with Crippen LogP contribution in [0.25, 0.3) is 33.1 Å². The maximum atomic E-state index is 9.14. The Hall–Kier alpha value is -2.88. The maximum Gasteiger partial charge on any atom is 0.141 e. The zero-order valence-corrected chi connectivity index (χ0v) is 16.2. The number of thioether (sulfide) groups is 1. The van der Waals surface area contributed by atoms with Crippen molar-refractivity contribution in [1.82, 2.24) is 19.9 Å². The molecule has 4 aromatic rings. The summed E-state index contributed by atoms with van der Waals surface area (Å²) in [6, 6.07) is 14.8. The normalized spacial score (nSPS) is 15.1. The number of hydrogen-bond acceptors (Lipinski definition) is 5. The number of hydrogen-bond donors (Lipinski definition) is 1. The molecule has 0 saturated carbocycles. The van der Waals surface area contributed by atoms with Crippen LogP contribution >= 0.6 is 11.8 Å². The Morgan fingerprint density at radius 2 is 1.82 bits per heavy atom. The number of aromatic amines is 1. The molecular weight excluding hydrogens is 366 g/mol. The molecule has 1 aromatic carbocycles. The molecule has 0 radical (unpaired) electrons. The molecule has 138 valence electrons. The van der Waals surface area contributed by atoms with E-state index in [1.807, 2.05) is 24.0 Å². The van der Waals surface area contributed by atoms with Gasteiger partial charge in [-0.05, 0) is 23.3 Å². The van der Waals surface area contributed by atoms with Crippen LogP contribution in [-0.4, -0.2) is 44.4 Å². The second kappa shape index (κ2) is 7.27. The lowest BCUT2D eigenvalue weighted by atomic mass is 10.0. The van der Waals surface area contributed by atoms with Gasteiger partial charge in [-0.2, -0.15) is 17.0 Å². The van der Waals surface area contributed by atoms with E-state index >= 15 is 0 Å². The van der Waals surface area contributed by atoms with E-state index in [-0.39, 0.29) is 0 Å². The molecule has 6 heteroatoms. The monoisotopic (exact) mass is 385 g/mol. The van der Waals surface area contributed by atoms with Crippen molar-refractivity contribution < 1.29 is 0 Å². The lowest BCUT2D eigenvalue weighted by molar-refractivity contribution is 0.294. The van der Waals surface area contributed by atoms with Crippen LogP contribution in [0, 0.1) is 11.3 Å². The first kappa shape index (κ1) is 17.2. The average Bonchev–Trinajstić information content (AvgIpc) is 3.12. The number of benzene rings is 1. The minimum Gasteiger partial charge on any atom is -0.338 e. The quantitative estimate of drug-likeness (QED) is 0.572. The van der Waals surface area contributed by atoms with Crippen LogP contribution in [-0.2, 0) is 6.54 Å². The van der Waals surface area contributed by atoms with Gasteiger partial charge in [0.1, 0.15) is 17.4 Å². The SMILES string of the molecule is N#Cc1cc2c(cn1)[nH]c1ncc(-c3ccc(CN4CCSCC4)cc3)cc12. The first-order chi connectivity index (χ1) is 13.8. The van der Waals surface area contributed by atoms with Gasteiger partial charge in [0.25, 0.3) is 0 Å². The third-order valence-corrected chi connectivity index (χ3v) is 6.19. The van der Waals surface area contributed by atoms with Crippen LogP contribution < -0.4 is 0 Å². The Kier molecular flexibility index (Phi) is 4.47. The van der Waals surface area contributed by atoms with Crippen molar-refractivity contribution >= 4 is 33.7 Å². The zero-order valence-electron chi connectivity index (χ0n) is 15.4. The largest absolute Gasteiger partial charge is 0.338 e. The number of rotatable bonds is 3. The molecule has 1 fully saturated rings. The van der Waals surface area contributed by atoms with Gasteiger partial charge in [-0.3, -0.25) is 4.90 Å². The molecule has 0 amide bonds. The molecule has 1 aliphatic heterocycles. The van der Waals surface area contributed by atoms with Crippen molar-refractivity contribution in [2.75, 3.05) is 24.6 Å². The molecule has 1 saturated heterocycles. The molecule has 1 aliphatic rings. The van der Waals surface area contributed by atoms with Crippen molar-refractivity contribution in [3.8, 4) is 17.2 Å². The third kappa shape index (κ3) is 3.24. The number of fused-ring (bicyclic) bond motifs is 3. The van der Waals surface area contributed by atoms with Crippen molar-refractivity contribution in [1.29, 1.82) is 5.26 Å². The molecule has 0 unspecified atom stereocenters. The van der Waals surface area contributed by atoms with E-state index in [0.29, 0.717) is 5.69 Å². The summed E-state index contributed by atoms with van der Waals surface area (Å²) in [6.07, 6.45) is 3.59. The van der Waals surface area contributed by atoms with Crippen molar-refractivity contribution in [2.24, 2.45) is 0 Å². The summed E-state index contributed by atoms with van der Waals surface area (Å²) in [7, 11) is 0. The van der Waals surface area contributed by atoms with Crippen LogP contribution in [0.1, 0.15) is 11.3 Å². The van der Waals surface area contributed by atoms with Gasteiger partial charge in [0, 0.05) is 53.7 Å². The molecule has 1 N–H and O–H groups in total. The Labute approximate surface area is 167 Å². The minimum atomic E-state index is 0.416. The van der Waals surface area contributed by atoms with Crippen LogP contribution in [0.3, 0.4) is 0 Å². The second-order valence-electron chi connectivity index (χ2n) is 7.06. The molecule has 3 aromatic heterocycles. The summed E-state index contributed by atoms with van der Waals surface area (Å²) in [5.41, 5.74) is 5.70. The average molecular weight is 385 g/mol. The van der Waals surface area contributed by atoms with Crippen LogP contribution in [0.5, 0.6) is 0 Å². The highest BCUT2D eigenvalue weighted by molar-refractivity contribution is 7.99. The Morgan fingerprint density at radius 3 is 2.61 bits per heavy atom. The van der Waals surface area contributed by atoms with E-state index in [2.05, 4.69) is 56.3 Å². The zero-order chi connectivity index (χ0) is 18.9. The molecule has 0 aliphatic carbocycles. The van der Waals surface area contributed by atoms with Crippen molar-refractivity contribution in [3.63, 3.8) is 0 Å². The van der Waals surface area contributed by atoms with Crippen molar-refractivity contribution in [2.45, 2.75) is 6.54 Å². The van der Waals surface area contributed by atoms with Crippen molar-refractivity contribution in [3.05, 3.63) is 60.0 Å². The first-order valence-electron chi connectivity index (χ1n) is 9.37. The fraction of sp³-hybridized carbons (Fsp3) is 0.227. The molecular formula is C22H19N5S. The Bertz CT molecular complexity index is 1180. The summed E-state index contributed by atoms with van der Waals surface area (Å²) < 4.78 is 0. The molecule has 0 spiro atoms. The summed E-state index contributed by atoms with van der Waals surface area (Å²) >= 11 is 2.04. The number of nitrogens with one attached hydrogen (secondary N) is 1. The van der Waals surface area contributed by atoms with E-state index in [9.17, 15) is 0 Å². The molecule has 5 nitrogen and oxygen atoms in total. The Morgan fingerprint density at radius 1 is 1.00 bits per heavy atom. The summed E-state index contributed by atoms with van der Waals surface area (Å²) in [4.78, 5) is 14.5. The van der Waals surface area contributed by atoms with Crippen LogP contribution in [0.4, 0.5) is 0 Å². The molecule has 4 heterocycles. The van der Waals surface area contributed by atoms with Gasteiger partial charge < -0.3 is 4.98 Å². The Balaban J connectivity index is 1.46. The number of nitriles is 1. The smallest absolute Gasteiger partial charge is 0.141 e. The lowest BCUT2D eigenvalue weighted by Crippen LogP contribution is -2.31. The number of nitrogens with zero attached hydrogens (tertiary/aromatic N) is 4. The second-order valence-corrected chi connectivity index (χ2v) is 8.28. The summed E-state index contributed by atoms with van der Waals surface area (Å²) in [5.74, 6) is 2.47. The minimum absolute atomic E-state index is 0.416. The lowest BCUT2D eigenvalue weighted by Gasteiger charge is -2.26. The van der Waals surface area contributed by atoms with Gasteiger partial charge in [0.05, 0.1) is 11.7 Å². The van der Waals surface area contributed by atoms with Gasteiger partial charge in [0.2, 0.25) is 0 Å². The van der Waals surface area contributed by atoms with E-state index in [4.69, 9.17) is 5.26 Å². The van der Waals surface area contributed by atoms with Gasteiger partial charge in [-0.25, -0.2) is 9.97 Å². The van der Waals surface area contributed by atoms with Gasteiger partial charge in [-0.15, -0.1) is 0 Å². The van der Waals surface area contributed by atoms with Gasteiger partial charge in [-0.1, -0.05) is 24.3 Å². The standard InChI is InChI=1S/C22H19N5S/c23-11-18-10-19-20-9-17(12-25-22(20)26-21(19)13-24-18)16-3-1-15(2-4-16)14-27-5-7-28-8-6-27/h1-4,9-10,12-13H,5-8,14H2,(H,25,26). The van der Waals surface area contributed by atoms with E-state index in [1.165, 1.54) is 30.2 Å². The fourth-order valence-electron chi connectivity index (χ4n) is 3.71. The molecule has 0 bridgehead atoms. The maximum absolute atomic E-state index is 9.14. The first-order valence-corrected chi connectivity index (χ1v) is 10.5. The summed E-state index contributed by atoms with van der Waals surface area (Å²) in [5, 5.41) is 11.1. The highest BCUT2D eigenvalue weighted by Gasteiger charge is 2.12. The topological polar surface area (TPSA) is 68.6 Å². The highest BCUT2D eigenvalue weighted by atomic mass is 32.2. The number of H-pyrrole nitrogens is 1. The van der Waals surface area contributed by atoms with Crippen LogP contribution in [0.2, 0.25) is 0 Å². The predicted octanol–water partition coefficient (Wildman–Crippen LogP) is 4.20. The van der Waals surface area contributed by atoms with Gasteiger partial charge in [0.15, 0.2) is 0 Å². The van der Waals surface area contributed by atoms with Crippen LogP contribution in [0.15, 0.2) is 48.8 Å². The van der Waals surface area contributed by atoms with E-state index in [0.717, 1.165) is 39.6 Å². The number of pyridine rings is 2.